The lowest BCUT2D eigenvalue weighted by molar-refractivity contribution is -0.322. The number of nitrogens with zero attached hydrogens (tertiary/aromatic N) is 1. The highest BCUT2D eigenvalue weighted by Crippen LogP contribution is 2.12. The van der Waals surface area contributed by atoms with E-state index in [-0.39, 0.29) is 0 Å². The molecule has 56 valence electrons. The zero-order chi connectivity index (χ0) is 7.61. The number of halogens is 3. The van der Waals surface area contributed by atoms with Gasteiger partial charge in [-0.15, -0.1) is 13.2 Å². The van der Waals surface area contributed by atoms with Gasteiger partial charge in [0.25, 0.3) is 0 Å². The van der Waals surface area contributed by atoms with E-state index in [1.165, 1.54) is 12.1 Å². The van der Waals surface area contributed by atoms with E-state index in [1.54, 1.807) is 0 Å². The summed E-state index contributed by atoms with van der Waals surface area (Å²) in [6.07, 6.45) is -2.29. The molecule has 0 atom stereocenters. The summed E-state index contributed by atoms with van der Waals surface area (Å²) < 4.78 is 34.7. The highest BCUT2D eigenvalue weighted by Gasteiger charge is 2.31. The molecular weight excluding hydrogens is 147 g/mol. The maximum absolute atomic E-state index is 11.4. The Labute approximate surface area is 54.8 Å². The van der Waals surface area contributed by atoms with E-state index in [9.17, 15) is 13.2 Å². The first-order chi connectivity index (χ1) is 4.58. The number of alkyl halides is 3. The highest BCUT2D eigenvalue weighted by molar-refractivity contribution is 4.87. The van der Waals surface area contributed by atoms with Gasteiger partial charge in [-0.3, -0.25) is 0 Å². The second-order valence-electron chi connectivity index (χ2n) is 1.58. The van der Waals surface area contributed by atoms with Crippen LogP contribution in [0.1, 0.15) is 0 Å². The Morgan fingerprint density at radius 1 is 1.10 bits per heavy atom. The smallest absolute Gasteiger partial charge is 0.314 e. The van der Waals surface area contributed by atoms with E-state index in [0.29, 0.717) is 4.73 Å². The Balaban J connectivity index is 2.57. The van der Waals surface area contributed by atoms with E-state index in [2.05, 4.69) is 4.84 Å². The molecule has 1 heterocycles. The first kappa shape index (κ1) is 6.98. The van der Waals surface area contributed by atoms with Crippen molar-refractivity contribution in [1.29, 1.82) is 0 Å². The second kappa shape index (κ2) is 2.24. The van der Waals surface area contributed by atoms with Crippen LogP contribution in [-0.2, 0) is 0 Å². The van der Waals surface area contributed by atoms with Crippen molar-refractivity contribution in [2.45, 2.75) is 6.36 Å². The number of aromatic nitrogens is 1. The van der Waals surface area contributed by atoms with Crippen molar-refractivity contribution in [3.63, 3.8) is 0 Å². The molecule has 10 heavy (non-hydrogen) atoms. The van der Waals surface area contributed by atoms with Gasteiger partial charge < -0.3 is 4.84 Å². The summed E-state index contributed by atoms with van der Waals surface area (Å²) in [5.74, 6) is 0. The number of rotatable bonds is 1. The highest BCUT2D eigenvalue weighted by atomic mass is 19.4. The van der Waals surface area contributed by atoms with Gasteiger partial charge in [-0.25, -0.2) is 0 Å². The predicted octanol–water partition coefficient (Wildman–Crippen LogP) is 1.44. The third-order valence-electron chi connectivity index (χ3n) is 0.786. The van der Waals surface area contributed by atoms with Crippen molar-refractivity contribution in [2.24, 2.45) is 0 Å². The molecule has 0 unspecified atom stereocenters. The Morgan fingerprint density at radius 3 is 2.00 bits per heavy atom. The molecular formula is C5H4F3NO. The lowest BCUT2D eigenvalue weighted by Crippen LogP contribution is -2.25. The first-order valence-electron chi connectivity index (χ1n) is 2.47. The fourth-order valence-corrected chi connectivity index (χ4v) is 0.499. The van der Waals surface area contributed by atoms with Crippen LogP contribution < -0.4 is 4.84 Å². The van der Waals surface area contributed by atoms with Crippen molar-refractivity contribution in [3.8, 4) is 0 Å². The first-order valence-corrected chi connectivity index (χ1v) is 2.47. The molecule has 0 radical (unpaired) electrons. The third kappa shape index (κ3) is 2.00. The molecule has 2 nitrogen and oxygen atoms in total. The van der Waals surface area contributed by atoms with Crippen LogP contribution in [0.3, 0.4) is 0 Å². The van der Waals surface area contributed by atoms with E-state index in [4.69, 9.17) is 0 Å². The molecule has 0 amide bonds. The minimum Gasteiger partial charge on any atom is -0.314 e. The minimum atomic E-state index is -4.61. The Morgan fingerprint density at radius 2 is 1.60 bits per heavy atom. The Kier molecular flexibility index (Phi) is 1.57. The van der Waals surface area contributed by atoms with E-state index in [1.807, 2.05) is 0 Å². The summed E-state index contributed by atoms with van der Waals surface area (Å²) >= 11 is 0. The zero-order valence-corrected chi connectivity index (χ0v) is 4.80. The van der Waals surface area contributed by atoms with Gasteiger partial charge in [0.2, 0.25) is 0 Å². The van der Waals surface area contributed by atoms with Crippen LogP contribution in [0.25, 0.3) is 0 Å². The zero-order valence-electron chi connectivity index (χ0n) is 4.80. The quantitative estimate of drug-likeness (QED) is 0.592. The minimum absolute atomic E-state index is 0.583. The van der Waals surface area contributed by atoms with Crippen LogP contribution in [0, 0.1) is 0 Å². The van der Waals surface area contributed by atoms with Crippen LogP contribution in [-0.4, -0.2) is 11.1 Å². The Bertz CT molecular complexity index is 191. The topological polar surface area (TPSA) is 14.2 Å². The fraction of sp³-hybridized carbons (Fsp3) is 0.200. The summed E-state index contributed by atoms with van der Waals surface area (Å²) in [6.45, 7) is 0. The normalized spacial score (nSPS) is 11.5. The summed E-state index contributed by atoms with van der Waals surface area (Å²) in [6, 6.07) is 2.87. The lowest BCUT2D eigenvalue weighted by Gasteiger charge is -2.07. The van der Waals surface area contributed by atoms with Crippen molar-refractivity contribution in [1.82, 2.24) is 4.73 Å². The molecule has 0 fully saturated rings. The molecule has 0 aliphatic carbocycles. The third-order valence-corrected chi connectivity index (χ3v) is 0.786. The average molecular weight is 151 g/mol. The molecule has 5 heteroatoms. The molecule has 1 aromatic rings. The fourth-order valence-electron chi connectivity index (χ4n) is 0.499. The molecule has 0 N–H and O–H groups in total. The van der Waals surface area contributed by atoms with Crippen LogP contribution in [0.2, 0.25) is 0 Å². The van der Waals surface area contributed by atoms with Gasteiger partial charge in [0.1, 0.15) is 0 Å². The van der Waals surface area contributed by atoms with Crippen molar-refractivity contribution < 1.29 is 18.0 Å². The molecule has 1 aromatic heterocycles. The summed E-state index contributed by atoms with van der Waals surface area (Å²) in [5, 5.41) is 0. The summed E-state index contributed by atoms with van der Waals surface area (Å²) in [7, 11) is 0. The van der Waals surface area contributed by atoms with E-state index in [0.717, 1.165) is 12.4 Å². The van der Waals surface area contributed by atoms with Gasteiger partial charge >= 0.3 is 6.36 Å². The summed E-state index contributed by atoms with van der Waals surface area (Å²) in [4.78, 5) is 3.46. The predicted molar refractivity (Wildman–Crippen MR) is 27.1 cm³/mol. The van der Waals surface area contributed by atoms with E-state index < -0.39 is 6.36 Å². The van der Waals surface area contributed by atoms with Crippen LogP contribution in [0.15, 0.2) is 24.5 Å². The standard InChI is InChI=1S/C5H4F3NO/c6-5(7,8)10-9-3-1-2-4-9/h1-4H. The maximum Gasteiger partial charge on any atom is 0.591 e. The SMILES string of the molecule is FC(F)(F)On1cccc1. The van der Waals surface area contributed by atoms with Gasteiger partial charge in [-0.1, -0.05) is 0 Å². The molecule has 0 spiro atoms. The number of hydrogen-bond acceptors (Lipinski definition) is 1. The molecule has 0 bridgehead atoms. The maximum atomic E-state index is 11.4. The van der Waals surface area contributed by atoms with Gasteiger partial charge in [0, 0.05) is 12.4 Å². The average Bonchev–Trinajstić information content (AvgIpc) is 2.12. The molecule has 0 saturated heterocycles. The van der Waals surface area contributed by atoms with Crippen LogP contribution in [0.5, 0.6) is 0 Å². The van der Waals surface area contributed by atoms with Crippen molar-refractivity contribution in [2.75, 3.05) is 0 Å². The molecule has 0 aliphatic heterocycles. The van der Waals surface area contributed by atoms with Gasteiger partial charge in [0.05, 0.1) is 0 Å². The molecule has 0 saturated carbocycles. The van der Waals surface area contributed by atoms with Gasteiger partial charge in [0.15, 0.2) is 0 Å². The van der Waals surface area contributed by atoms with Gasteiger partial charge in [-0.2, -0.15) is 4.73 Å². The van der Waals surface area contributed by atoms with Crippen molar-refractivity contribution in [3.05, 3.63) is 24.5 Å². The van der Waals surface area contributed by atoms with E-state index >= 15 is 0 Å². The van der Waals surface area contributed by atoms with Crippen LogP contribution >= 0.6 is 0 Å². The van der Waals surface area contributed by atoms with Crippen molar-refractivity contribution >= 4 is 0 Å². The van der Waals surface area contributed by atoms with Gasteiger partial charge in [-0.05, 0) is 12.1 Å². The summed E-state index contributed by atoms with van der Waals surface area (Å²) in [5.41, 5.74) is 0. The lowest BCUT2D eigenvalue weighted by atomic mass is 10.7. The number of hydrogen-bond donors (Lipinski definition) is 0. The molecule has 0 aliphatic rings. The second-order valence-corrected chi connectivity index (χ2v) is 1.58. The monoisotopic (exact) mass is 151 g/mol. The van der Waals surface area contributed by atoms with Crippen LogP contribution in [0.4, 0.5) is 13.2 Å². The molecule has 0 aromatic carbocycles. The largest absolute Gasteiger partial charge is 0.591 e. The molecule has 1 rings (SSSR count). The Hall–Kier alpha value is -1.13.